The molecule has 0 saturated heterocycles. The van der Waals surface area contributed by atoms with Crippen LogP contribution in [-0.4, -0.2) is 35.9 Å². The maximum Gasteiger partial charge on any atom is 0.265 e. The highest BCUT2D eigenvalue weighted by atomic mass is 35.5. The molecule has 23 heavy (non-hydrogen) atoms. The van der Waals surface area contributed by atoms with Gasteiger partial charge in [-0.1, -0.05) is 37.6 Å². The molecule has 1 heterocycles. The topological polar surface area (TPSA) is 59.2 Å². The van der Waals surface area contributed by atoms with Crippen LogP contribution >= 0.6 is 22.9 Å². The number of aromatic nitrogens is 1. The predicted octanol–water partition coefficient (Wildman–Crippen LogP) is 3.83. The van der Waals surface area contributed by atoms with Crippen molar-refractivity contribution in [2.45, 2.75) is 20.8 Å². The van der Waals surface area contributed by atoms with Gasteiger partial charge in [-0.25, -0.2) is 4.98 Å². The molecule has 0 saturated carbocycles. The smallest absolute Gasteiger partial charge is 0.265 e. The van der Waals surface area contributed by atoms with Crippen LogP contribution in [0.25, 0.3) is 10.6 Å². The maximum absolute atomic E-state index is 12.7. The number of carbonyl (C=O) groups is 1. The van der Waals surface area contributed by atoms with E-state index >= 15 is 0 Å². The summed E-state index contributed by atoms with van der Waals surface area (Å²) >= 11 is 7.33. The van der Waals surface area contributed by atoms with Crippen LogP contribution in [0.1, 0.15) is 29.2 Å². The van der Waals surface area contributed by atoms with E-state index in [1.165, 1.54) is 11.3 Å². The number of aryl methyl sites for hydroxylation is 1. The van der Waals surface area contributed by atoms with Crippen molar-refractivity contribution < 1.29 is 4.79 Å². The Bertz CT molecular complexity index is 694. The maximum atomic E-state index is 12.7. The molecule has 0 spiro atoms. The van der Waals surface area contributed by atoms with Crippen molar-refractivity contribution in [3.05, 3.63) is 39.9 Å². The molecule has 0 fully saturated rings. The van der Waals surface area contributed by atoms with Gasteiger partial charge in [0.15, 0.2) is 0 Å². The quantitative estimate of drug-likeness (QED) is 0.890. The molecule has 1 aromatic carbocycles. The van der Waals surface area contributed by atoms with Gasteiger partial charge < -0.3 is 10.6 Å². The zero-order valence-corrected chi connectivity index (χ0v) is 15.5. The summed E-state index contributed by atoms with van der Waals surface area (Å²) in [5.41, 5.74) is 7.36. The first kappa shape index (κ1) is 17.9. The lowest BCUT2D eigenvalue weighted by Crippen LogP contribution is -2.39. The number of nitrogens with zero attached hydrogens (tertiary/aromatic N) is 2. The number of nitrogens with two attached hydrogens (primary N) is 1. The van der Waals surface area contributed by atoms with Crippen LogP contribution in [0.5, 0.6) is 0 Å². The lowest BCUT2D eigenvalue weighted by molar-refractivity contribution is 0.0744. The molecule has 1 amide bonds. The minimum atomic E-state index is -0.109. The molecule has 0 bridgehead atoms. The summed E-state index contributed by atoms with van der Waals surface area (Å²) in [6.07, 6.45) is 0. The summed E-state index contributed by atoms with van der Waals surface area (Å²) in [7, 11) is 1.81. The number of thiazole rings is 1. The third-order valence-corrected chi connectivity index (χ3v) is 5.09. The Morgan fingerprint density at radius 3 is 2.52 bits per heavy atom. The fourth-order valence-electron chi connectivity index (χ4n) is 2.26. The minimum Gasteiger partial charge on any atom is -0.340 e. The highest BCUT2D eigenvalue weighted by molar-refractivity contribution is 7.17. The molecule has 0 aliphatic rings. The molecule has 4 nitrogen and oxygen atoms in total. The van der Waals surface area contributed by atoms with Gasteiger partial charge in [-0.15, -0.1) is 11.3 Å². The van der Waals surface area contributed by atoms with E-state index in [1.54, 1.807) is 11.9 Å². The molecule has 0 aliphatic carbocycles. The third kappa shape index (κ3) is 4.31. The van der Waals surface area contributed by atoms with Gasteiger partial charge in [0.25, 0.3) is 5.91 Å². The number of carbonyl (C=O) groups excluding carboxylic acids is 1. The van der Waals surface area contributed by atoms with E-state index in [-0.39, 0.29) is 11.3 Å². The molecule has 0 radical (unpaired) electrons. The van der Waals surface area contributed by atoms with E-state index in [1.807, 2.05) is 31.2 Å². The van der Waals surface area contributed by atoms with Gasteiger partial charge in [-0.3, -0.25) is 4.79 Å². The van der Waals surface area contributed by atoms with Gasteiger partial charge in [0.1, 0.15) is 9.88 Å². The van der Waals surface area contributed by atoms with E-state index in [2.05, 4.69) is 18.8 Å². The van der Waals surface area contributed by atoms with Crippen molar-refractivity contribution in [1.29, 1.82) is 0 Å². The Morgan fingerprint density at radius 1 is 1.35 bits per heavy atom. The van der Waals surface area contributed by atoms with Crippen molar-refractivity contribution >= 4 is 28.8 Å². The Morgan fingerprint density at radius 2 is 1.96 bits per heavy atom. The predicted molar refractivity (Wildman–Crippen MR) is 97.1 cm³/mol. The van der Waals surface area contributed by atoms with E-state index in [0.29, 0.717) is 23.0 Å². The standard InChI is InChI=1S/C17H22ClN3OS/c1-11-14(16(22)21(4)10-17(2,3)9-19)23-15(20-11)12-5-7-13(18)8-6-12/h5-8H,9-10,19H2,1-4H3. The molecule has 0 atom stereocenters. The average molecular weight is 352 g/mol. The van der Waals surface area contributed by atoms with Crippen molar-refractivity contribution in [3.63, 3.8) is 0 Å². The Balaban J connectivity index is 2.23. The van der Waals surface area contributed by atoms with Crippen molar-refractivity contribution in [2.24, 2.45) is 11.1 Å². The normalized spacial score (nSPS) is 11.6. The second-order valence-electron chi connectivity index (χ2n) is 6.47. The van der Waals surface area contributed by atoms with Crippen LogP contribution in [0.3, 0.4) is 0 Å². The van der Waals surface area contributed by atoms with Crippen LogP contribution in [-0.2, 0) is 0 Å². The number of halogens is 1. The zero-order chi connectivity index (χ0) is 17.2. The molecule has 2 rings (SSSR count). The minimum absolute atomic E-state index is 0.0123. The SMILES string of the molecule is Cc1nc(-c2ccc(Cl)cc2)sc1C(=O)N(C)CC(C)(C)CN. The number of benzene rings is 1. The third-order valence-electron chi connectivity index (χ3n) is 3.65. The van der Waals surface area contributed by atoms with Crippen LogP contribution < -0.4 is 5.73 Å². The summed E-state index contributed by atoms with van der Waals surface area (Å²) in [5.74, 6) is -0.0123. The van der Waals surface area contributed by atoms with Gasteiger partial charge in [-0.05, 0) is 31.0 Å². The van der Waals surface area contributed by atoms with Crippen molar-refractivity contribution in [2.75, 3.05) is 20.1 Å². The van der Waals surface area contributed by atoms with E-state index < -0.39 is 0 Å². The molecular weight excluding hydrogens is 330 g/mol. The molecule has 2 aromatic rings. The summed E-state index contributed by atoms with van der Waals surface area (Å²) in [5, 5.41) is 1.51. The highest BCUT2D eigenvalue weighted by Crippen LogP contribution is 2.30. The van der Waals surface area contributed by atoms with E-state index in [0.717, 1.165) is 16.3 Å². The van der Waals surface area contributed by atoms with E-state index in [4.69, 9.17) is 17.3 Å². The average Bonchev–Trinajstić information content (AvgIpc) is 2.88. The Hall–Kier alpha value is -1.43. The van der Waals surface area contributed by atoms with Crippen molar-refractivity contribution in [1.82, 2.24) is 9.88 Å². The molecule has 2 N–H and O–H groups in total. The number of rotatable bonds is 5. The number of hydrogen-bond donors (Lipinski definition) is 1. The van der Waals surface area contributed by atoms with Gasteiger partial charge in [0.2, 0.25) is 0 Å². The van der Waals surface area contributed by atoms with Gasteiger partial charge in [-0.2, -0.15) is 0 Å². The molecule has 1 aromatic heterocycles. The monoisotopic (exact) mass is 351 g/mol. The van der Waals surface area contributed by atoms with Crippen molar-refractivity contribution in [3.8, 4) is 10.6 Å². The summed E-state index contributed by atoms with van der Waals surface area (Å²) in [6.45, 7) is 7.11. The number of hydrogen-bond acceptors (Lipinski definition) is 4. The van der Waals surface area contributed by atoms with Crippen LogP contribution in [0, 0.1) is 12.3 Å². The van der Waals surface area contributed by atoms with Crippen LogP contribution in [0.4, 0.5) is 0 Å². The lowest BCUT2D eigenvalue weighted by Gasteiger charge is -2.28. The first-order valence-electron chi connectivity index (χ1n) is 7.42. The molecular formula is C17H22ClN3OS. The molecule has 6 heteroatoms. The Labute approximate surface area is 146 Å². The molecule has 124 valence electrons. The van der Waals surface area contributed by atoms with Gasteiger partial charge in [0, 0.05) is 24.2 Å². The largest absolute Gasteiger partial charge is 0.340 e. The molecule has 0 aliphatic heterocycles. The number of amides is 1. The fourth-order valence-corrected chi connectivity index (χ4v) is 3.45. The summed E-state index contributed by atoms with van der Waals surface area (Å²) in [6, 6.07) is 7.47. The molecule has 0 unspecified atom stereocenters. The second kappa shape index (κ2) is 6.99. The van der Waals surface area contributed by atoms with Gasteiger partial charge >= 0.3 is 0 Å². The second-order valence-corrected chi connectivity index (χ2v) is 7.91. The first-order valence-corrected chi connectivity index (χ1v) is 8.62. The van der Waals surface area contributed by atoms with E-state index in [9.17, 15) is 4.79 Å². The lowest BCUT2D eigenvalue weighted by atomic mass is 9.93. The van der Waals surface area contributed by atoms with Gasteiger partial charge in [0.05, 0.1) is 5.69 Å². The highest BCUT2D eigenvalue weighted by Gasteiger charge is 2.25. The van der Waals surface area contributed by atoms with Crippen LogP contribution in [0.15, 0.2) is 24.3 Å². The first-order chi connectivity index (χ1) is 10.7. The fraction of sp³-hybridized carbons (Fsp3) is 0.412. The zero-order valence-electron chi connectivity index (χ0n) is 13.9. The Kier molecular flexibility index (Phi) is 5.45. The summed E-state index contributed by atoms with van der Waals surface area (Å²) in [4.78, 5) is 19.6. The van der Waals surface area contributed by atoms with Crippen LogP contribution in [0.2, 0.25) is 5.02 Å². The summed E-state index contributed by atoms with van der Waals surface area (Å²) < 4.78 is 0.